The Morgan fingerprint density at radius 1 is 1.36 bits per heavy atom. The zero-order chi connectivity index (χ0) is 10.6. The minimum atomic E-state index is -0.302. The second kappa shape index (κ2) is 4.85. The lowest BCUT2D eigenvalue weighted by atomic mass is 10.1. The van der Waals surface area contributed by atoms with Gasteiger partial charge in [0.2, 0.25) is 0 Å². The summed E-state index contributed by atoms with van der Waals surface area (Å²) < 4.78 is 0. The van der Waals surface area contributed by atoms with Crippen molar-refractivity contribution >= 4 is 29.0 Å². The predicted octanol–water partition coefficient (Wildman–Crippen LogP) is 3.04. The minimum Gasteiger partial charge on any atom is -0.362 e. The van der Waals surface area contributed by atoms with E-state index >= 15 is 0 Å². The highest BCUT2D eigenvalue weighted by atomic mass is 35.5. The van der Waals surface area contributed by atoms with Crippen LogP contribution in [0.4, 0.5) is 5.82 Å². The van der Waals surface area contributed by atoms with Crippen molar-refractivity contribution in [2.45, 2.75) is 19.4 Å². The van der Waals surface area contributed by atoms with Crippen LogP contribution in [0.5, 0.6) is 0 Å². The molecule has 0 spiro atoms. The Labute approximate surface area is 94.6 Å². The van der Waals surface area contributed by atoms with Crippen LogP contribution in [0.15, 0.2) is 18.2 Å². The number of hydrogen-bond acceptors (Lipinski definition) is 2. The lowest BCUT2D eigenvalue weighted by molar-refractivity contribution is 0.645. The number of halogens is 2. The van der Waals surface area contributed by atoms with E-state index in [4.69, 9.17) is 23.2 Å². The average molecular weight is 233 g/mol. The maximum atomic E-state index is 5.82. The Morgan fingerprint density at radius 2 is 2.00 bits per heavy atom. The zero-order valence-electron chi connectivity index (χ0n) is 8.35. The van der Waals surface area contributed by atoms with Crippen molar-refractivity contribution in [3.8, 4) is 0 Å². The fraction of sp³-hybridized carbons (Fsp3) is 0.500. The SMILES string of the molecule is Cc1cccc(NC(C)(CCl)CCl)n1. The van der Waals surface area contributed by atoms with Crippen molar-refractivity contribution < 1.29 is 0 Å². The third-order valence-corrected chi connectivity index (χ3v) is 3.09. The van der Waals surface area contributed by atoms with E-state index < -0.39 is 0 Å². The highest BCUT2D eigenvalue weighted by molar-refractivity contribution is 6.22. The minimum absolute atomic E-state index is 0.302. The fourth-order valence-electron chi connectivity index (χ4n) is 1.02. The summed E-state index contributed by atoms with van der Waals surface area (Å²) >= 11 is 11.6. The zero-order valence-corrected chi connectivity index (χ0v) is 9.86. The number of alkyl halides is 2. The number of anilines is 1. The quantitative estimate of drug-likeness (QED) is 0.808. The molecule has 0 saturated carbocycles. The first-order valence-corrected chi connectivity index (χ1v) is 5.50. The highest BCUT2D eigenvalue weighted by Gasteiger charge is 2.21. The maximum absolute atomic E-state index is 5.82. The normalized spacial score (nSPS) is 11.4. The number of nitrogens with zero attached hydrogens (tertiary/aromatic N) is 1. The number of nitrogens with one attached hydrogen (secondary N) is 1. The van der Waals surface area contributed by atoms with E-state index in [1.165, 1.54) is 0 Å². The van der Waals surface area contributed by atoms with Gasteiger partial charge >= 0.3 is 0 Å². The topological polar surface area (TPSA) is 24.9 Å². The molecule has 0 aliphatic rings. The molecular formula is C10H14Cl2N2. The van der Waals surface area contributed by atoms with Gasteiger partial charge in [-0.25, -0.2) is 4.98 Å². The first-order valence-electron chi connectivity index (χ1n) is 4.43. The summed E-state index contributed by atoms with van der Waals surface area (Å²) in [7, 11) is 0. The van der Waals surface area contributed by atoms with E-state index in [-0.39, 0.29) is 5.54 Å². The molecule has 0 saturated heterocycles. The third kappa shape index (κ3) is 3.03. The van der Waals surface area contributed by atoms with Crippen LogP contribution in [0.1, 0.15) is 12.6 Å². The molecule has 0 aliphatic carbocycles. The molecule has 1 rings (SSSR count). The van der Waals surface area contributed by atoms with Crippen molar-refractivity contribution in [1.29, 1.82) is 0 Å². The van der Waals surface area contributed by atoms with Crippen LogP contribution in [0.2, 0.25) is 0 Å². The predicted molar refractivity (Wildman–Crippen MR) is 62.4 cm³/mol. The van der Waals surface area contributed by atoms with Gasteiger partial charge in [0, 0.05) is 17.5 Å². The summed E-state index contributed by atoms with van der Waals surface area (Å²) in [6.07, 6.45) is 0. The second-order valence-corrected chi connectivity index (χ2v) is 4.15. The van der Waals surface area contributed by atoms with Gasteiger partial charge in [-0.3, -0.25) is 0 Å². The van der Waals surface area contributed by atoms with E-state index in [9.17, 15) is 0 Å². The number of hydrogen-bond donors (Lipinski definition) is 1. The number of pyridine rings is 1. The molecule has 1 aromatic rings. The summed E-state index contributed by atoms with van der Waals surface area (Å²) in [4.78, 5) is 4.33. The van der Waals surface area contributed by atoms with Crippen molar-refractivity contribution in [2.24, 2.45) is 0 Å². The van der Waals surface area contributed by atoms with Gasteiger partial charge in [-0.1, -0.05) is 6.07 Å². The molecule has 0 fully saturated rings. The molecule has 0 atom stereocenters. The highest BCUT2D eigenvalue weighted by Crippen LogP contribution is 2.16. The Morgan fingerprint density at radius 3 is 2.50 bits per heavy atom. The fourth-order valence-corrected chi connectivity index (χ4v) is 1.44. The van der Waals surface area contributed by atoms with E-state index in [0.717, 1.165) is 11.5 Å². The van der Waals surface area contributed by atoms with Crippen molar-refractivity contribution in [2.75, 3.05) is 17.1 Å². The van der Waals surface area contributed by atoms with Crippen LogP contribution in [0.25, 0.3) is 0 Å². The monoisotopic (exact) mass is 232 g/mol. The van der Waals surface area contributed by atoms with Gasteiger partial charge in [-0.05, 0) is 26.0 Å². The Hall–Kier alpha value is -0.470. The molecule has 0 bridgehead atoms. The van der Waals surface area contributed by atoms with Gasteiger partial charge in [0.05, 0.1) is 5.54 Å². The molecule has 0 aliphatic heterocycles. The largest absolute Gasteiger partial charge is 0.362 e. The smallest absolute Gasteiger partial charge is 0.126 e. The molecule has 0 radical (unpaired) electrons. The standard InChI is InChI=1S/C10H14Cl2N2/c1-8-4-3-5-9(13-8)14-10(2,6-11)7-12/h3-5H,6-7H2,1-2H3,(H,13,14). The van der Waals surface area contributed by atoms with Crippen LogP contribution in [-0.4, -0.2) is 22.3 Å². The Kier molecular flexibility index (Phi) is 4.02. The van der Waals surface area contributed by atoms with Crippen molar-refractivity contribution in [3.05, 3.63) is 23.9 Å². The van der Waals surface area contributed by atoms with E-state index in [2.05, 4.69) is 10.3 Å². The molecule has 1 aromatic heterocycles. The Balaban J connectivity index is 2.77. The van der Waals surface area contributed by atoms with Gasteiger partial charge in [-0.2, -0.15) is 0 Å². The van der Waals surface area contributed by atoms with Crippen LogP contribution in [-0.2, 0) is 0 Å². The molecule has 14 heavy (non-hydrogen) atoms. The maximum Gasteiger partial charge on any atom is 0.126 e. The molecule has 2 nitrogen and oxygen atoms in total. The molecule has 4 heteroatoms. The van der Waals surface area contributed by atoms with Gasteiger partial charge < -0.3 is 5.32 Å². The summed E-state index contributed by atoms with van der Waals surface area (Å²) in [6, 6.07) is 5.81. The molecule has 78 valence electrons. The second-order valence-electron chi connectivity index (χ2n) is 3.62. The molecule has 1 heterocycles. The number of rotatable bonds is 4. The summed E-state index contributed by atoms with van der Waals surface area (Å²) in [5.41, 5.74) is 0.672. The molecular weight excluding hydrogens is 219 g/mol. The lowest BCUT2D eigenvalue weighted by Crippen LogP contribution is -2.39. The number of aromatic nitrogens is 1. The van der Waals surface area contributed by atoms with E-state index in [0.29, 0.717) is 11.8 Å². The summed E-state index contributed by atoms with van der Waals surface area (Å²) in [5.74, 6) is 1.71. The van der Waals surface area contributed by atoms with Crippen LogP contribution < -0.4 is 5.32 Å². The van der Waals surface area contributed by atoms with Gasteiger partial charge in [0.15, 0.2) is 0 Å². The van der Waals surface area contributed by atoms with Gasteiger partial charge in [0.25, 0.3) is 0 Å². The van der Waals surface area contributed by atoms with E-state index in [1.54, 1.807) is 0 Å². The third-order valence-electron chi connectivity index (χ3n) is 1.91. The van der Waals surface area contributed by atoms with Gasteiger partial charge in [0.1, 0.15) is 5.82 Å². The van der Waals surface area contributed by atoms with Crippen LogP contribution in [0.3, 0.4) is 0 Å². The number of aryl methyl sites for hydroxylation is 1. The first kappa shape index (κ1) is 11.6. The molecule has 0 amide bonds. The molecule has 1 N–H and O–H groups in total. The molecule has 0 aromatic carbocycles. The van der Waals surface area contributed by atoms with Crippen molar-refractivity contribution in [1.82, 2.24) is 4.98 Å². The van der Waals surface area contributed by atoms with Crippen molar-refractivity contribution in [3.63, 3.8) is 0 Å². The Bertz CT molecular complexity index is 298. The van der Waals surface area contributed by atoms with Crippen LogP contribution >= 0.6 is 23.2 Å². The van der Waals surface area contributed by atoms with Gasteiger partial charge in [-0.15, -0.1) is 23.2 Å². The summed E-state index contributed by atoms with van der Waals surface area (Å²) in [5, 5.41) is 3.22. The lowest BCUT2D eigenvalue weighted by Gasteiger charge is -2.26. The van der Waals surface area contributed by atoms with E-state index in [1.807, 2.05) is 32.0 Å². The summed E-state index contributed by atoms with van der Waals surface area (Å²) in [6.45, 7) is 3.92. The van der Waals surface area contributed by atoms with Crippen LogP contribution in [0, 0.1) is 6.92 Å². The molecule has 0 unspecified atom stereocenters. The first-order chi connectivity index (χ1) is 6.59. The average Bonchev–Trinajstić information content (AvgIpc) is 2.18.